The number of aromatic carboxylic acids is 1. The molecule has 6 nitrogen and oxygen atoms in total. The number of fused-ring (bicyclic) bond motifs is 1. The third-order valence-electron chi connectivity index (χ3n) is 3.10. The van der Waals surface area contributed by atoms with Gasteiger partial charge in [-0.25, -0.2) is 14.6 Å². The fraction of sp³-hybridized carbons (Fsp3) is 0.385. The van der Waals surface area contributed by atoms with E-state index in [4.69, 9.17) is 5.11 Å². The molecule has 0 unspecified atom stereocenters. The Hall–Kier alpha value is -2.08. The van der Waals surface area contributed by atoms with Gasteiger partial charge in [-0.3, -0.25) is 5.43 Å². The van der Waals surface area contributed by atoms with Crippen LogP contribution >= 0.6 is 0 Å². The van der Waals surface area contributed by atoms with Crippen molar-refractivity contribution in [3.05, 3.63) is 34.9 Å². The average Bonchev–Trinajstić information content (AvgIpc) is 2.36. The van der Waals surface area contributed by atoms with Gasteiger partial charge >= 0.3 is 12.0 Å². The SMILES string of the molecule is CN(C)NC(=O)N1CCc2c(cccc2C(=O)O)C1. The third kappa shape index (κ3) is 2.85. The highest BCUT2D eigenvalue weighted by Crippen LogP contribution is 2.22. The zero-order valence-corrected chi connectivity index (χ0v) is 11.0. The zero-order valence-electron chi connectivity index (χ0n) is 11.0. The van der Waals surface area contributed by atoms with Crippen LogP contribution in [0, 0.1) is 0 Å². The van der Waals surface area contributed by atoms with Crippen LogP contribution in [0.1, 0.15) is 21.5 Å². The van der Waals surface area contributed by atoms with E-state index in [1.807, 2.05) is 6.07 Å². The Morgan fingerprint density at radius 3 is 2.74 bits per heavy atom. The molecule has 0 atom stereocenters. The van der Waals surface area contributed by atoms with Gasteiger partial charge in [-0.2, -0.15) is 0 Å². The second-order valence-electron chi connectivity index (χ2n) is 4.73. The second-order valence-corrected chi connectivity index (χ2v) is 4.73. The summed E-state index contributed by atoms with van der Waals surface area (Å²) in [6, 6.07) is 5.03. The van der Waals surface area contributed by atoms with Crippen molar-refractivity contribution in [1.29, 1.82) is 0 Å². The van der Waals surface area contributed by atoms with Gasteiger partial charge in [-0.15, -0.1) is 0 Å². The number of carboxylic acid groups (broad SMARTS) is 1. The Morgan fingerprint density at radius 2 is 2.11 bits per heavy atom. The van der Waals surface area contributed by atoms with Crippen molar-refractivity contribution in [2.75, 3.05) is 20.6 Å². The molecule has 1 aromatic carbocycles. The second kappa shape index (κ2) is 5.27. The molecule has 0 radical (unpaired) electrons. The number of nitrogens with one attached hydrogen (secondary N) is 1. The first-order chi connectivity index (χ1) is 8.99. The summed E-state index contributed by atoms with van der Waals surface area (Å²) in [6.07, 6.45) is 0.568. The van der Waals surface area contributed by atoms with E-state index in [0.717, 1.165) is 11.1 Å². The highest BCUT2D eigenvalue weighted by molar-refractivity contribution is 5.90. The molecule has 1 heterocycles. The van der Waals surface area contributed by atoms with Crippen molar-refractivity contribution in [3.63, 3.8) is 0 Å². The maximum absolute atomic E-state index is 11.9. The monoisotopic (exact) mass is 263 g/mol. The molecule has 2 N–H and O–H groups in total. The van der Waals surface area contributed by atoms with E-state index in [1.165, 1.54) is 0 Å². The topological polar surface area (TPSA) is 72.9 Å². The van der Waals surface area contributed by atoms with Crippen LogP contribution in [0.2, 0.25) is 0 Å². The van der Waals surface area contributed by atoms with Crippen molar-refractivity contribution >= 4 is 12.0 Å². The zero-order chi connectivity index (χ0) is 14.0. The number of rotatable bonds is 2. The van der Waals surface area contributed by atoms with E-state index >= 15 is 0 Å². The summed E-state index contributed by atoms with van der Waals surface area (Å²) in [6.45, 7) is 0.965. The van der Waals surface area contributed by atoms with E-state index in [2.05, 4.69) is 5.43 Å². The molecule has 0 saturated heterocycles. The molecule has 19 heavy (non-hydrogen) atoms. The van der Waals surface area contributed by atoms with Gasteiger partial charge in [0.2, 0.25) is 0 Å². The van der Waals surface area contributed by atoms with Crippen LogP contribution < -0.4 is 5.43 Å². The van der Waals surface area contributed by atoms with E-state index in [-0.39, 0.29) is 6.03 Å². The van der Waals surface area contributed by atoms with Gasteiger partial charge in [0.1, 0.15) is 0 Å². The minimum Gasteiger partial charge on any atom is -0.478 e. The van der Waals surface area contributed by atoms with E-state index in [9.17, 15) is 9.59 Å². The molecule has 6 heteroatoms. The van der Waals surface area contributed by atoms with Crippen LogP contribution in [0.5, 0.6) is 0 Å². The number of carbonyl (C=O) groups excluding carboxylic acids is 1. The molecular formula is C13H17N3O3. The van der Waals surface area contributed by atoms with Gasteiger partial charge in [0.15, 0.2) is 0 Å². The summed E-state index contributed by atoms with van der Waals surface area (Å²) in [4.78, 5) is 24.7. The third-order valence-corrected chi connectivity index (χ3v) is 3.10. The molecule has 0 spiro atoms. The van der Waals surface area contributed by atoms with Gasteiger partial charge in [-0.05, 0) is 23.6 Å². The number of hydrazine groups is 1. The van der Waals surface area contributed by atoms with Gasteiger partial charge in [0.25, 0.3) is 0 Å². The van der Waals surface area contributed by atoms with Gasteiger partial charge < -0.3 is 10.0 Å². The first kappa shape index (κ1) is 13.4. The summed E-state index contributed by atoms with van der Waals surface area (Å²) in [5.41, 5.74) is 4.76. The highest BCUT2D eigenvalue weighted by atomic mass is 16.4. The molecule has 1 aliphatic rings. The maximum atomic E-state index is 11.9. The highest BCUT2D eigenvalue weighted by Gasteiger charge is 2.24. The van der Waals surface area contributed by atoms with Crippen LogP contribution in [0.15, 0.2) is 18.2 Å². The molecule has 0 fully saturated rings. The first-order valence-electron chi connectivity index (χ1n) is 6.06. The van der Waals surface area contributed by atoms with Gasteiger partial charge in [0.05, 0.1) is 5.56 Å². The molecule has 0 aliphatic carbocycles. The fourth-order valence-electron chi connectivity index (χ4n) is 2.25. The molecule has 1 aliphatic heterocycles. The molecule has 0 bridgehead atoms. The normalized spacial score (nSPS) is 14.2. The van der Waals surface area contributed by atoms with Crippen molar-refractivity contribution in [2.45, 2.75) is 13.0 Å². The smallest absolute Gasteiger partial charge is 0.335 e. The number of urea groups is 1. The Balaban J connectivity index is 2.19. The number of carboxylic acids is 1. The molecule has 1 aromatic rings. The first-order valence-corrected chi connectivity index (χ1v) is 6.06. The average molecular weight is 263 g/mol. The minimum atomic E-state index is -0.914. The fourth-order valence-corrected chi connectivity index (χ4v) is 2.25. The van der Waals surface area contributed by atoms with E-state index < -0.39 is 5.97 Å². The summed E-state index contributed by atoms with van der Waals surface area (Å²) in [7, 11) is 3.50. The maximum Gasteiger partial charge on any atom is 0.335 e. The molecule has 102 valence electrons. The molecule has 0 aromatic heterocycles. The largest absolute Gasteiger partial charge is 0.478 e. The number of nitrogens with zero attached hydrogens (tertiary/aromatic N) is 2. The molecule has 2 amide bonds. The Kier molecular flexibility index (Phi) is 3.71. The van der Waals surface area contributed by atoms with Crippen LogP contribution in [0.25, 0.3) is 0 Å². The Labute approximate surface area is 111 Å². The van der Waals surface area contributed by atoms with E-state index in [1.54, 1.807) is 36.1 Å². The number of benzene rings is 1. The van der Waals surface area contributed by atoms with Gasteiger partial charge in [0, 0.05) is 27.2 Å². The molecule has 2 rings (SSSR count). The van der Waals surface area contributed by atoms with Crippen LogP contribution in [-0.2, 0) is 13.0 Å². The van der Waals surface area contributed by atoms with Crippen molar-refractivity contribution in [1.82, 2.24) is 15.3 Å². The predicted molar refractivity (Wildman–Crippen MR) is 69.7 cm³/mol. The summed E-state index contributed by atoms with van der Waals surface area (Å²) in [5.74, 6) is -0.914. The minimum absolute atomic E-state index is 0.170. The lowest BCUT2D eigenvalue weighted by molar-refractivity contribution is 0.0695. The number of hydrogen-bond donors (Lipinski definition) is 2. The molecular weight excluding hydrogens is 246 g/mol. The standard InChI is InChI=1S/C13H17N3O3/c1-15(2)14-13(19)16-7-6-10-9(8-16)4-3-5-11(10)12(17)18/h3-5H,6-8H2,1-2H3,(H,14,19)(H,17,18). The lowest BCUT2D eigenvalue weighted by Gasteiger charge is -2.30. The summed E-state index contributed by atoms with van der Waals surface area (Å²) < 4.78 is 0. The summed E-state index contributed by atoms with van der Waals surface area (Å²) >= 11 is 0. The predicted octanol–water partition coefficient (Wildman–Crippen LogP) is 0.929. The van der Waals surface area contributed by atoms with Crippen LogP contribution in [0.4, 0.5) is 4.79 Å². The lowest BCUT2D eigenvalue weighted by Crippen LogP contribution is -2.47. The Bertz CT molecular complexity index is 514. The Morgan fingerprint density at radius 1 is 1.37 bits per heavy atom. The van der Waals surface area contributed by atoms with Crippen molar-refractivity contribution in [3.8, 4) is 0 Å². The van der Waals surface area contributed by atoms with Crippen molar-refractivity contribution in [2.24, 2.45) is 0 Å². The van der Waals surface area contributed by atoms with Crippen molar-refractivity contribution < 1.29 is 14.7 Å². The lowest BCUT2D eigenvalue weighted by atomic mass is 9.95. The number of amides is 2. The quantitative estimate of drug-likeness (QED) is 0.779. The molecule has 0 saturated carbocycles. The van der Waals surface area contributed by atoms with Gasteiger partial charge in [-0.1, -0.05) is 12.1 Å². The number of hydrogen-bond acceptors (Lipinski definition) is 3. The van der Waals surface area contributed by atoms with Crippen LogP contribution in [-0.4, -0.2) is 47.7 Å². The van der Waals surface area contributed by atoms with E-state index in [0.29, 0.717) is 25.1 Å². The summed E-state index contributed by atoms with van der Waals surface area (Å²) in [5, 5.41) is 10.7. The number of carbonyl (C=O) groups is 2. The van der Waals surface area contributed by atoms with Crippen LogP contribution in [0.3, 0.4) is 0 Å².